The van der Waals surface area contributed by atoms with Crippen molar-refractivity contribution < 1.29 is 14.3 Å². The van der Waals surface area contributed by atoms with Crippen LogP contribution in [0.5, 0.6) is 5.75 Å². The highest BCUT2D eigenvalue weighted by atomic mass is 16.5. The van der Waals surface area contributed by atoms with Crippen LogP contribution in [0.4, 0.5) is 5.69 Å². The first-order chi connectivity index (χ1) is 10.5. The third-order valence-corrected chi connectivity index (χ3v) is 3.15. The van der Waals surface area contributed by atoms with E-state index in [-0.39, 0.29) is 11.5 Å². The molecule has 2 aromatic rings. The van der Waals surface area contributed by atoms with E-state index >= 15 is 0 Å². The molecule has 0 aromatic heterocycles. The number of esters is 1. The van der Waals surface area contributed by atoms with Crippen LogP contribution in [0.3, 0.4) is 0 Å². The molecule has 4 heteroatoms. The topological polar surface area (TPSA) is 46.6 Å². The van der Waals surface area contributed by atoms with Gasteiger partial charge in [0.2, 0.25) is 0 Å². The number of rotatable bonds is 5. The summed E-state index contributed by atoms with van der Waals surface area (Å²) in [6.45, 7) is 3.35. The Morgan fingerprint density at radius 3 is 2.27 bits per heavy atom. The summed E-state index contributed by atoms with van der Waals surface area (Å²) in [7, 11) is 3.86. The molecule has 2 rings (SSSR count). The molecule has 0 aliphatic heterocycles. The smallest absolute Gasteiger partial charge is 0.335 e. The Labute approximate surface area is 129 Å². The van der Waals surface area contributed by atoms with Crippen LogP contribution in [0.25, 0.3) is 0 Å². The van der Waals surface area contributed by atoms with Gasteiger partial charge in [-0.25, -0.2) is 4.79 Å². The quantitative estimate of drug-likeness (QED) is 0.368. The zero-order valence-corrected chi connectivity index (χ0v) is 12.6. The maximum atomic E-state index is 12.6. The summed E-state index contributed by atoms with van der Waals surface area (Å²) in [5.41, 5.74) is 1.88. The normalized spacial score (nSPS) is 9.91. The monoisotopic (exact) mass is 295 g/mol. The summed E-state index contributed by atoms with van der Waals surface area (Å²) in [4.78, 5) is 25.9. The number of nitrogens with zero attached hydrogens (tertiary/aromatic N) is 1. The van der Waals surface area contributed by atoms with Crippen molar-refractivity contribution in [1.29, 1.82) is 0 Å². The number of anilines is 1. The molecule has 0 heterocycles. The van der Waals surface area contributed by atoms with Crippen LogP contribution < -0.4 is 9.64 Å². The number of ketones is 1. The van der Waals surface area contributed by atoms with Gasteiger partial charge in [-0.2, -0.15) is 0 Å². The lowest BCUT2D eigenvalue weighted by atomic mass is 10.0. The molecule has 0 aliphatic rings. The van der Waals surface area contributed by atoms with Gasteiger partial charge in [0.15, 0.2) is 5.78 Å². The molecule has 0 amide bonds. The largest absolute Gasteiger partial charge is 0.423 e. The second kappa shape index (κ2) is 6.72. The molecule has 0 bridgehead atoms. The van der Waals surface area contributed by atoms with E-state index in [0.717, 1.165) is 11.8 Å². The SMILES string of the molecule is C=CC(=O)Oc1ccccc1C(=O)c1ccc(N(C)C)cc1. The molecule has 112 valence electrons. The van der Waals surface area contributed by atoms with Crippen molar-refractivity contribution in [3.8, 4) is 5.75 Å². The molecular formula is C18H17NO3. The average molecular weight is 295 g/mol. The second-order valence-corrected chi connectivity index (χ2v) is 4.89. The van der Waals surface area contributed by atoms with Gasteiger partial charge in [0.1, 0.15) is 5.75 Å². The molecule has 0 saturated heterocycles. The predicted octanol–water partition coefficient (Wildman–Crippen LogP) is 3.08. The van der Waals surface area contributed by atoms with E-state index < -0.39 is 5.97 Å². The van der Waals surface area contributed by atoms with Crippen LogP contribution in [0.1, 0.15) is 15.9 Å². The van der Waals surface area contributed by atoms with E-state index in [1.165, 1.54) is 0 Å². The summed E-state index contributed by atoms with van der Waals surface area (Å²) in [5, 5.41) is 0. The summed E-state index contributed by atoms with van der Waals surface area (Å²) in [6, 6.07) is 13.9. The van der Waals surface area contributed by atoms with Gasteiger partial charge in [0, 0.05) is 31.4 Å². The van der Waals surface area contributed by atoms with E-state index in [1.807, 2.05) is 31.1 Å². The molecule has 0 saturated carbocycles. The zero-order valence-electron chi connectivity index (χ0n) is 12.6. The third-order valence-electron chi connectivity index (χ3n) is 3.15. The molecule has 0 spiro atoms. The minimum atomic E-state index is -0.594. The molecule has 0 unspecified atom stereocenters. The van der Waals surface area contributed by atoms with E-state index in [1.54, 1.807) is 36.4 Å². The van der Waals surface area contributed by atoms with Gasteiger partial charge in [0.05, 0.1) is 5.56 Å². The van der Waals surface area contributed by atoms with Crippen LogP contribution in [0, 0.1) is 0 Å². The maximum absolute atomic E-state index is 12.6. The number of carbonyl (C=O) groups excluding carboxylic acids is 2. The Morgan fingerprint density at radius 1 is 1.05 bits per heavy atom. The minimum absolute atomic E-state index is 0.197. The van der Waals surface area contributed by atoms with E-state index in [4.69, 9.17) is 4.74 Å². The Hall–Kier alpha value is -2.88. The summed E-state index contributed by atoms with van der Waals surface area (Å²) in [5.74, 6) is -0.560. The molecule has 0 aliphatic carbocycles. The number of ether oxygens (including phenoxy) is 1. The van der Waals surface area contributed by atoms with Crippen molar-refractivity contribution in [3.63, 3.8) is 0 Å². The zero-order chi connectivity index (χ0) is 16.1. The van der Waals surface area contributed by atoms with Crippen molar-refractivity contribution in [1.82, 2.24) is 0 Å². The van der Waals surface area contributed by atoms with E-state index in [0.29, 0.717) is 11.1 Å². The van der Waals surface area contributed by atoms with Gasteiger partial charge < -0.3 is 9.64 Å². The maximum Gasteiger partial charge on any atom is 0.335 e. The first-order valence-electron chi connectivity index (χ1n) is 6.78. The van der Waals surface area contributed by atoms with Gasteiger partial charge in [-0.05, 0) is 36.4 Å². The number of hydrogen-bond donors (Lipinski definition) is 0. The molecule has 22 heavy (non-hydrogen) atoms. The Kier molecular flexibility index (Phi) is 4.73. The molecule has 0 fully saturated rings. The van der Waals surface area contributed by atoms with Crippen molar-refractivity contribution in [2.24, 2.45) is 0 Å². The number of para-hydroxylation sites is 1. The Balaban J connectivity index is 2.33. The first kappa shape index (κ1) is 15.5. The van der Waals surface area contributed by atoms with Crippen molar-refractivity contribution >= 4 is 17.4 Å². The summed E-state index contributed by atoms with van der Waals surface area (Å²) in [6.07, 6.45) is 1.06. The van der Waals surface area contributed by atoms with Crippen LogP contribution in [0.15, 0.2) is 61.2 Å². The molecule has 2 aromatic carbocycles. The lowest BCUT2D eigenvalue weighted by Gasteiger charge is -2.13. The van der Waals surface area contributed by atoms with Gasteiger partial charge >= 0.3 is 5.97 Å². The molecule has 4 nitrogen and oxygen atoms in total. The third kappa shape index (κ3) is 3.41. The lowest BCUT2D eigenvalue weighted by molar-refractivity contribution is -0.128. The van der Waals surface area contributed by atoms with Crippen LogP contribution in [-0.4, -0.2) is 25.8 Å². The van der Waals surface area contributed by atoms with Crippen molar-refractivity contribution in [2.45, 2.75) is 0 Å². The fourth-order valence-corrected chi connectivity index (χ4v) is 1.96. The van der Waals surface area contributed by atoms with E-state index in [2.05, 4.69) is 6.58 Å². The highest BCUT2D eigenvalue weighted by molar-refractivity contribution is 6.11. The molecule has 0 atom stereocenters. The van der Waals surface area contributed by atoms with Crippen molar-refractivity contribution in [3.05, 3.63) is 72.3 Å². The molecular weight excluding hydrogens is 278 g/mol. The van der Waals surface area contributed by atoms with Gasteiger partial charge in [-0.3, -0.25) is 4.79 Å². The fourth-order valence-electron chi connectivity index (χ4n) is 1.96. The van der Waals surface area contributed by atoms with Crippen molar-refractivity contribution in [2.75, 3.05) is 19.0 Å². The summed E-state index contributed by atoms with van der Waals surface area (Å²) >= 11 is 0. The van der Waals surface area contributed by atoms with Gasteiger partial charge in [-0.1, -0.05) is 18.7 Å². The standard InChI is InChI=1S/C18H17NO3/c1-4-17(20)22-16-8-6-5-7-15(16)18(21)13-9-11-14(12-10-13)19(2)3/h4-12H,1H2,2-3H3. The fraction of sp³-hybridized carbons (Fsp3) is 0.111. The predicted molar refractivity (Wildman–Crippen MR) is 86.5 cm³/mol. The Morgan fingerprint density at radius 2 is 1.68 bits per heavy atom. The Bertz CT molecular complexity index is 703. The average Bonchev–Trinajstić information content (AvgIpc) is 2.54. The summed E-state index contributed by atoms with van der Waals surface area (Å²) < 4.78 is 5.11. The molecule has 0 N–H and O–H groups in total. The lowest BCUT2D eigenvalue weighted by Crippen LogP contribution is -2.10. The van der Waals surface area contributed by atoms with Crippen LogP contribution in [0.2, 0.25) is 0 Å². The van der Waals surface area contributed by atoms with Crippen LogP contribution in [-0.2, 0) is 4.79 Å². The van der Waals surface area contributed by atoms with Crippen LogP contribution >= 0.6 is 0 Å². The second-order valence-electron chi connectivity index (χ2n) is 4.89. The minimum Gasteiger partial charge on any atom is -0.423 e. The van der Waals surface area contributed by atoms with Gasteiger partial charge in [-0.15, -0.1) is 0 Å². The van der Waals surface area contributed by atoms with Gasteiger partial charge in [0.25, 0.3) is 0 Å². The highest BCUT2D eigenvalue weighted by Gasteiger charge is 2.15. The number of carbonyl (C=O) groups is 2. The highest BCUT2D eigenvalue weighted by Crippen LogP contribution is 2.23. The van der Waals surface area contributed by atoms with E-state index in [9.17, 15) is 9.59 Å². The first-order valence-corrected chi connectivity index (χ1v) is 6.78. The number of benzene rings is 2. The molecule has 0 radical (unpaired) electrons. The number of hydrogen-bond acceptors (Lipinski definition) is 4.